The fourth-order valence-electron chi connectivity index (χ4n) is 9.63. The third kappa shape index (κ3) is 66.8. The molecule has 1 atom stereocenters. The molecule has 0 aromatic rings. The highest BCUT2D eigenvalue weighted by Crippen LogP contribution is 2.17. The maximum atomic E-state index is 12.9. The predicted octanol–water partition coefficient (Wildman–Crippen LogP) is 23.8. The summed E-state index contributed by atoms with van der Waals surface area (Å²) in [7, 11) is 0. The van der Waals surface area contributed by atoms with Crippen LogP contribution in [-0.2, 0) is 28.6 Å². The summed E-state index contributed by atoms with van der Waals surface area (Å²) in [5.41, 5.74) is 0. The monoisotopic (exact) mass is 1120 g/mol. The van der Waals surface area contributed by atoms with Crippen LogP contribution in [0.5, 0.6) is 0 Å². The summed E-state index contributed by atoms with van der Waals surface area (Å²) in [6.07, 6.45) is 94.3. The van der Waals surface area contributed by atoms with Crippen LogP contribution >= 0.6 is 0 Å². The minimum absolute atomic E-state index is 0.0896. The van der Waals surface area contributed by atoms with Crippen molar-refractivity contribution in [3.63, 3.8) is 0 Å². The summed E-state index contributed by atoms with van der Waals surface area (Å²) < 4.78 is 16.8. The van der Waals surface area contributed by atoms with Gasteiger partial charge in [-0.3, -0.25) is 14.4 Å². The molecule has 0 saturated carbocycles. The first kappa shape index (κ1) is 77.1. The van der Waals surface area contributed by atoms with E-state index in [0.29, 0.717) is 12.8 Å². The molecule has 0 aliphatic carbocycles. The van der Waals surface area contributed by atoms with E-state index in [0.717, 1.165) is 116 Å². The van der Waals surface area contributed by atoms with Crippen LogP contribution in [0, 0.1) is 0 Å². The van der Waals surface area contributed by atoms with Gasteiger partial charge < -0.3 is 14.2 Å². The van der Waals surface area contributed by atoms with Crippen LogP contribution in [0.2, 0.25) is 0 Å². The summed E-state index contributed by atoms with van der Waals surface area (Å²) in [6.45, 7) is 6.47. The van der Waals surface area contributed by atoms with E-state index in [-0.39, 0.29) is 37.5 Å². The number of hydrogen-bond donors (Lipinski definition) is 0. The molecular weight excluding hydrogens is 997 g/mol. The molecule has 81 heavy (non-hydrogen) atoms. The smallest absolute Gasteiger partial charge is 0.306 e. The Hall–Kier alpha value is -3.93. The van der Waals surface area contributed by atoms with E-state index in [9.17, 15) is 14.4 Å². The first-order valence-electron chi connectivity index (χ1n) is 34.4. The van der Waals surface area contributed by atoms with Crippen molar-refractivity contribution < 1.29 is 28.6 Å². The largest absolute Gasteiger partial charge is 0.462 e. The highest BCUT2D eigenvalue weighted by Gasteiger charge is 2.19. The average molecular weight is 1130 g/mol. The van der Waals surface area contributed by atoms with Crippen LogP contribution in [0.1, 0.15) is 329 Å². The number of carbonyl (C=O) groups is 3. The Morgan fingerprint density at radius 2 is 0.481 bits per heavy atom. The van der Waals surface area contributed by atoms with Gasteiger partial charge >= 0.3 is 17.9 Å². The third-order valence-electron chi connectivity index (χ3n) is 14.8. The van der Waals surface area contributed by atoms with Gasteiger partial charge in [-0.2, -0.15) is 0 Å². The van der Waals surface area contributed by atoms with Gasteiger partial charge in [-0.1, -0.05) is 310 Å². The Balaban J connectivity index is 4.13. The Morgan fingerprint density at radius 1 is 0.259 bits per heavy atom. The van der Waals surface area contributed by atoms with E-state index in [2.05, 4.69) is 130 Å². The van der Waals surface area contributed by atoms with Crippen LogP contribution in [0.15, 0.2) is 109 Å². The van der Waals surface area contributed by atoms with Crippen molar-refractivity contribution in [2.45, 2.75) is 335 Å². The standard InChI is InChI=1S/C75H128O6/c1-4-7-10-13-16-18-20-22-24-26-28-30-32-34-35-36-37-38-39-41-42-44-46-48-50-52-54-56-59-62-65-68-74(77)80-71-72(70-79-73(76)67-64-61-58-15-12-9-6-3)81-75(78)69-66-63-60-57-55-53-51-49-47-45-43-40-33-31-29-27-25-23-21-19-17-14-11-8-5-2/h8,11,17,19-20,22-23,25-26,28-29,31,40,43,47,49,53,55,72H,4-7,9-10,12-16,18,21,24,27,30,32-39,41-42,44-46,48,50-52,54,56-71H2,1-3H3/b11-8-,19-17-,22-20-,25-23-,28-26-,31-29-,43-40-,49-47-,55-53-. The summed E-state index contributed by atoms with van der Waals surface area (Å²) in [5, 5.41) is 0. The molecule has 0 aromatic carbocycles. The van der Waals surface area contributed by atoms with Crippen molar-refractivity contribution in [2.24, 2.45) is 0 Å². The molecular formula is C75H128O6. The van der Waals surface area contributed by atoms with Crippen LogP contribution in [-0.4, -0.2) is 37.2 Å². The molecule has 0 rings (SSSR count). The number of esters is 3. The van der Waals surface area contributed by atoms with Gasteiger partial charge in [0.05, 0.1) is 0 Å². The molecule has 0 aliphatic rings. The van der Waals surface area contributed by atoms with Gasteiger partial charge in [0.1, 0.15) is 13.2 Å². The van der Waals surface area contributed by atoms with Crippen molar-refractivity contribution >= 4 is 17.9 Å². The molecule has 0 N–H and O–H groups in total. The lowest BCUT2D eigenvalue weighted by Gasteiger charge is -2.18. The second-order valence-corrected chi connectivity index (χ2v) is 22.7. The molecule has 0 bridgehead atoms. The first-order chi connectivity index (χ1) is 40.0. The van der Waals surface area contributed by atoms with E-state index >= 15 is 0 Å². The van der Waals surface area contributed by atoms with E-state index in [1.807, 2.05) is 0 Å². The molecule has 0 heterocycles. The molecule has 6 heteroatoms. The summed E-state index contributed by atoms with van der Waals surface area (Å²) in [6, 6.07) is 0. The summed E-state index contributed by atoms with van der Waals surface area (Å²) >= 11 is 0. The molecule has 0 amide bonds. The quantitative estimate of drug-likeness (QED) is 0.0261. The second kappa shape index (κ2) is 68.6. The fraction of sp³-hybridized carbons (Fsp3) is 0.720. The summed E-state index contributed by atoms with van der Waals surface area (Å²) in [4.78, 5) is 38.1. The number of rotatable bonds is 62. The number of ether oxygens (including phenoxy) is 3. The lowest BCUT2D eigenvalue weighted by atomic mass is 10.0. The van der Waals surface area contributed by atoms with E-state index in [1.165, 1.54) is 173 Å². The van der Waals surface area contributed by atoms with Crippen molar-refractivity contribution in [3.05, 3.63) is 109 Å². The van der Waals surface area contributed by atoms with Crippen molar-refractivity contribution in [1.29, 1.82) is 0 Å². The maximum absolute atomic E-state index is 12.9. The minimum atomic E-state index is -0.795. The van der Waals surface area contributed by atoms with E-state index in [1.54, 1.807) is 0 Å². The van der Waals surface area contributed by atoms with Gasteiger partial charge in [-0.05, 0) is 109 Å². The number of carbonyl (C=O) groups excluding carboxylic acids is 3. The van der Waals surface area contributed by atoms with Gasteiger partial charge in [-0.25, -0.2) is 0 Å². The lowest BCUT2D eigenvalue weighted by Crippen LogP contribution is -2.30. The molecule has 1 unspecified atom stereocenters. The SMILES string of the molecule is CC/C=C\C/C=C\C/C=C\C/C=C\C/C=C\C/C=C\C/C=C\CCCCCC(=O)OC(COC(=O)CCCCCCCCC)COC(=O)CCCCCCCCCCCCCCCCCCCCC/C=C\C/C=C\CCCCCCC. The Labute approximate surface area is 501 Å². The normalized spacial score (nSPS) is 12.8. The zero-order chi connectivity index (χ0) is 58.5. The first-order valence-corrected chi connectivity index (χ1v) is 34.4. The van der Waals surface area contributed by atoms with Crippen molar-refractivity contribution in [1.82, 2.24) is 0 Å². The van der Waals surface area contributed by atoms with E-state index in [4.69, 9.17) is 14.2 Å². The van der Waals surface area contributed by atoms with Gasteiger partial charge in [-0.15, -0.1) is 0 Å². The number of unbranched alkanes of at least 4 members (excludes halogenated alkanes) is 33. The fourth-order valence-corrected chi connectivity index (χ4v) is 9.63. The van der Waals surface area contributed by atoms with E-state index < -0.39 is 6.10 Å². The van der Waals surface area contributed by atoms with Crippen LogP contribution in [0.25, 0.3) is 0 Å². The lowest BCUT2D eigenvalue weighted by molar-refractivity contribution is -0.167. The predicted molar refractivity (Wildman–Crippen MR) is 353 cm³/mol. The second-order valence-electron chi connectivity index (χ2n) is 22.7. The van der Waals surface area contributed by atoms with Gasteiger partial charge in [0.2, 0.25) is 0 Å². The number of allylic oxidation sites excluding steroid dienone is 18. The molecule has 0 aliphatic heterocycles. The zero-order valence-electron chi connectivity index (χ0n) is 53.3. The summed E-state index contributed by atoms with van der Waals surface area (Å²) in [5.74, 6) is -0.920. The van der Waals surface area contributed by atoms with Crippen LogP contribution in [0.4, 0.5) is 0 Å². The topological polar surface area (TPSA) is 78.9 Å². The zero-order valence-corrected chi connectivity index (χ0v) is 53.3. The molecule has 0 saturated heterocycles. The molecule has 0 spiro atoms. The van der Waals surface area contributed by atoms with Crippen LogP contribution in [0.3, 0.4) is 0 Å². The Bertz CT molecular complexity index is 1620. The molecule has 0 aromatic heterocycles. The highest BCUT2D eigenvalue weighted by atomic mass is 16.6. The highest BCUT2D eigenvalue weighted by molar-refractivity contribution is 5.71. The molecule has 0 radical (unpaired) electrons. The van der Waals surface area contributed by atoms with Crippen molar-refractivity contribution in [3.8, 4) is 0 Å². The van der Waals surface area contributed by atoms with Crippen LogP contribution < -0.4 is 0 Å². The third-order valence-corrected chi connectivity index (χ3v) is 14.8. The van der Waals surface area contributed by atoms with Gasteiger partial charge in [0, 0.05) is 19.3 Å². The molecule has 6 nitrogen and oxygen atoms in total. The van der Waals surface area contributed by atoms with Crippen molar-refractivity contribution in [2.75, 3.05) is 13.2 Å². The number of hydrogen-bond acceptors (Lipinski definition) is 6. The molecule has 0 fully saturated rings. The minimum Gasteiger partial charge on any atom is -0.462 e. The van der Waals surface area contributed by atoms with Gasteiger partial charge in [0.15, 0.2) is 6.10 Å². The Morgan fingerprint density at radius 3 is 0.765 bits per heavy atom. The maximum Gasteiger partial charge on any atom is 0.306 e. The Kier molecular flexibility index (Phi) is 65.2. The van der Waals surface area contributed by atoms with Gasteiger partial charge in [0.25, 0.3) is 0 Å². The average Bonchev–Trinajstić information content (AvgIpc) is 3.46. The molecule has 464 valence electrons.